The van der Waals surface area contributed by atoms with Crippen molar-refractivity contribution in [1.82, 2.24) is 10.2 Å². The number of rotatable bonds is 9. The monoisotopic (exact) mass is 450 g/mol. The molecular formula is C26H30N2O5. The molecule has 0 bridgehead atoms. The number of allylic oxidation sites excluding steroid dienone is 1. The molecule has 2 aromatic carbocycles. The summed E-state index contributed by atoms with van der Waals surface area (Å²) in [4.78, 5) is 39.6. The maximum absolute atomic E-state index is 13.0. The van der Waals surface area contributed by atoms with Gasteiger partial charge in [0.1, 0.15) is 18.0 Å². The third-order valence-corrected chi connectivity index (χ3v) is 5.43. The van der Waals surface area contributed by atoms with E-state index in [1.165, 1.54) is 4.90 Å². The number of benzene rings is 2. The molecule has 1 heterocycles. The third-order valence-electron chi connectivity index (χ3n) is 5.43. The Bertz CT molecular complexity index is 1030. The Morgan fingerprint density at radius 2 is 1.79 bits per heavy atom. The van der Waals surface area contributed by atoms with Crippen LogP contribution in [0.2, 0.25) is 0 Å². The van der Waals surface area contributed by atoms with Crippen LogP contribution < -0.4 is 10.1 Å². The van der Waals surface area contributed by atoms with Gasteiger partial charge >= 0.3 is 5.97 Å². The van der Waals surface area contributed by atoms with Crippen molar-refractivity contribution in [2.24, 2.45) is 0 Å². The molecule has 7 heteroatoms. The molecule has 7 nitrogen and oxygen atoms in total. The lowest BCUT2D eigenvalue weighted by molar-refractivity contribution is -0.141. The van der Waals surface area contributed by atoms with Crippen LogP contribution in [0.3, 0.4) is 0 Å². The predicted molar refractivity (Wildman–Crippen MR) is 125 cm³/mol. The maximum Gasteiger partial charge on any atom is 0.336 e. The van der Waals surface area contributed by atoms with Crippen LogP contribution in [0, 0.1) is 0 Å². The van der Waals surface area contributed by atoms with Crippen LogP contribution >= 0.6 is 0 Å². The minimum Gasteiger partial charge on any atom is -0.463 e. The van der Waals surface area contributed by atoms with Gasteiger partial charge in [-0.05, 0) is 50.1 Å². The highest BCUT2D eigenvalue weighted by atomic mass is 16.5. The van der Waals surface area contributed by atoms with E-state index in [9.17, 15) is 14.4 Å². The van der Waals surface area contributed by atoms with E-state index >= 15 is 0 Å². The summed E-state index contributed by atoms with van der Waals surface area (Å²) in [6.45, 7) is 6.00. The summed E-state index contributed by atoms with van der Waals surface area (Å²) in [5.74, 6) is -0.160. The zero-order valence-electron chi connectivity index (χ0n) is 19.3. The van der Waals surface area contributed by atoms with Crippen molar-refractivity contribution in [3.8, 4) is 11.5 Å². The lowest BCUT2D eigenvalue weighted by atomic mass is 9.83. The highest BCUT2D eigenvalue weighted by molar-refractivity contribution is 5.97. The first-order valence-corrected chi connectivity index (χ1v) is 11.2. The van der Waals surface area contributed by atoms with Crippen molar-refractivity contribution in [1.29, 1.82) is 0 Å². The van der Waals surface area contributed by atoms with E-state index in [4.69, 9.17) is 9.47 Å². The Hall–Kier alpha value is -3.61. The number of esters is 1. The Labute approximate surface area is 194 Å². The summed E-state index contributed by atoms with van der Waals surface area (Å²) in [5, 5.41) is 2.78. The van der Waals surface area contributed by atoms with Crippen LogP contribution in [0.5, 0.6) is 11.5 Å². The Balaban J connectivity index is 1.93. The fourth-order valence-electron chi connectivity index (χ4n) is 3.84. The van der Waals surface area contributed by atoms with E-state index in [0.29, 0.717) is 29.3 Å². The average molecular weight is 451 g/mol. The molecular weight excluding hydrogens is 420 g/mol. The molecule has 0 spiro atoms. The zero-order valence-corrected chi connectivity index (χ0v) is 19.3. The van der Waals surface area contributed by atoms with E-state index in [2.05, 4.69) is 5.32 Å². The fourth-order valence-corrected chi connectivity index (χ4v) is 3.84. The molecule has 2 aromatic rings. The molecule has 2 amide bonds. The summed E-state index contributed by atoms with van der Waals surface area (Å²) in [7, 11) is 0. The normalized spacial score (nSPS) is 15.9. The summed E-state index contributed by atoms with van der Waals surface area (Å²) < 4.78 is 11.3. The molecule has 1 aliphatic rings. The number of carbonyl (C=O) groups excluding carboxylic acids is 3. The highest BCUT2D eigenvalue weighted by Crippen LogP contribution is 2.38. The topological polar surface area (TPSA) is 84.9 Å². The largest absolute Gasteiger partial charge is 0.463 e. The Kier molecular flexibility index (Phi) is 8.24. The van der Waals surface area contributed by atoms with Crippen LogP contribution in [0.25, 0.3) is 0 Å². The molecule has 3 rings (SSSR count). The zero-order chi connectivity index (χ0) is 23.8. The molecule has 1 N–H and O–H groups in total. The summed E-state index contributed by atoms with van der Waals surface area (Å²) in [5.41, 5.74) is 1.60. The van der Waals surface area contributed by atoms with Gasteiger partial charge < -0.3 is 19.7 Å². The molecule has 174 valence electrons. The molecule has 1 unspecified atom stereocenters. The molecule has 0 fully saturated rings. The minimum atomic E-state index is -0.495. The van der Waals surface area contributed by atoms with Crippen molar-refractivity contribution in [2.45, 2.75) is 39.5 Å². The smallest absolute Gasteiger partial charge is 0.336 e. The van der Waals surface area contributed by atoms with E-state index in [1.54, 1.807) is 13.8 Å². The lowest BCUT2D eigenvalue weighted by Gasteiger charge is -2.34. The minimum absolute atomic E-state index is 0.0569. The number of carbonyl (C=O) groups is 3. The van der Waals surface area contributed by atoms with Gasteiger partial charge in [-0.2, -0.15) is 0 Å². The summed E-state index contributed by atoms with van der Waals surface area (Å²) in [6, 6.07) is 16.7. The molecule has 1 atom stereocenters. The van der Waals surface area contributed by atoms with Gasteiger partial charge in [-0.1, -0.05) is 37.3 Å². The van der Waals surface area contributed by atoms with E-state index in [0.717, 1.165) is 12.0 Å². The third kappa shape index (κ3) is 6.00. The van der Waals surface area contributed by atoms with Crippen molar-refractivity contribution in [3.63, 3.8) is 0 Å². The van der Waals surface area contributed by atoms with Gasteiger partial charge in [-0.25, -0.2) is 4.79 Å². The maximum atomic E-state index is 13.0. The second-order valence-electron chi connectivity index (χ2n) is 7.79. The van der Waals surface area contributed by atoms with Gasteiger partial charge in [-0.3, -0.25) is 9.59 Å². The average Bonchev–Trinajstić information content (AvgIpc) is 2.81. The molecule has 1 aliphatic heterocycles. The van der Waals surface area contributed by atoms with Gasteiger partial charge in [0.25, 0.3) is 0 Å². The lowest BCUT2D eigenvalue weighted by Crippen LogP contribution is -2.44. The SMILES string of the molecule is CCCNC(=O)CN1C(=O)CC(c2cccc(Oc3ccccc3)c2)C(C(=O)OCC)=C1C. The number of para-hydroxylation sites is 1. The number of nitrogens with zero attached hydrogens (tertiary/aromatic N) is 1. The van der Waals surface area contributed by atoms with Gasteiger partial charge in [0.15, 0.2) is 0 Å². The van der Waals surface area contributed by atoms with E-state index < -0.39 is 11.9 Å². The van der Waals surface area contributed by atoms with E-state index in [1.807, 2.05) is 61.5 Å². The first-order chi connectivity index (χ1) is 15.9. The number of nitrogens with one attached hydrogen (secondary N) is 1. The standard InChI is InChI=1S/C26H30N2O5/c1-4-14-27-23(29)17-28-18(3)25(26(31)32-5-2)22(16-24(28)30)19-10-9-13-21(15-19)33-20-11-7-6-8-12-20/h6-13,15,22H,4-5,14,16-17H2,1-3H3,(H,27,29). The van der Waals surface area contributed by atoms with Crippen molar-refractivity contribution < 1.29 is 23.9 Å². The van der Waals surface area contributed by atoms with Crippen molar-refractivity contribution >= 4 is 17.8 Å². The van der Waals surface area contributed by atoms with Crippen LogP contribution in [-0.4, -0.2) is 42.4 Å². The van der Waals surface area contributed by atoms with Crippen molar-refractivity contribution in [3.05, 3.63) is 71.4 Å². The van der Waals surface area contributed by atoms with E-state index in [-0.39, 0.29) is 31.4 Å². The highest BCUT2D eigenvalue weighted by Gasteiger charge is 2.37. The fraction of sp³-hybridized carbons (Fsp3) is 0.346. The molecule has 33 heavy (non-hydrogen) atoms. The first-order valence-electron chi connectivity index (χ1n) is 11.2. The summed E-state index contributed by atoms with van der Waals surface area (Å²) >= 11 is 0. The van der Waals surface area contributed by atoms with Crippen LogP contribution in [0.1, 0.15) is 45.1 Å². The molecule has 0 radical (unpaired) electrons. The van der Waals surface area contributed by atoms with Crippen LogP contribution in [0.4, 0.5) is 0 Å². The summed E-state index contributed by atoms with van der Waals surface area (Å²) in [6.07, 6.45) is 0.855. The van der Waals surface area contributed by atoms with Crippen LogP contribution in [-0.2, 0) is 19.1 Å². The second kappa shape index (κ2) is 11.3. The number of hydrogen-bond acceptors (Lipinski definition) is 5. The molecule has 0 aromatic heterocycles. The molecule has 0 saturated carbocycles. The second-order valence-corrected chi connectivity index (χ2v) is 7.79. The van der Waals surface area contributed by atoms with Gasteiger partial charge in [0.2, 0.25) is 11.8 Å². The molecule has 0 aliphatic carbocycles. The number of amides is 2. The number of hydrogen-bond donors (Lipinski definition) is 1. The van der Waals surface area contributed by atoms with Crippen molar-refractivity contribution in [2.75, 3.05) is 19.7 Å². The van der Waals surface area contributed by atoms with Gasteiger partial charge in [-0.15, -0.1) is 0 Å². The van der Waals surface area contributed by atoms with Gasteiger partial charge in [0, 0.05) is 24.6 Å². The predicted octanol–water partition coefficient (Wildman–Crippen LogP) is 4.16. The first kappa shape index (κ1) is 24.0. The Morgan fingerprint density at radius 1 is 1.06 bits per heavy atom. The van der Waals surface area contributed by atoms with Gasteiger partial charge in [0.05, 0.1) is 12.2 Å². The van der Waals surface area contributed by atoms with Crippen LogP contribution in [0.15, 0.2) is 65.9 Å². The Morgan fingerprint density at radius 3 is 2.48 bits per heavy atom. The number of ether oxygens (including phenoxy) is 2. The quantitative estimate of drug-likeness (QED) is 0.580. The molecule has 0 saturated heterocycles.